The summed E-state index contributed by atoms with van der Waals surface area (Å²) in [4.78, 5) is 16.6. The van der Waals surface area contributed by atoms with E-state index in [1.54, 1.807) is 17.1 Å². The minimum absolute atomic E-state index is 0. The molecule has 0 spiro atoms. The van der Waals surface area contributed by atoms with Crippen LogP contribution in [0.3, 0.4) is 0 Å². The molecule has 0 aliphatic carbocycles. The summed E-state index contributed by atoms with van der Waals surface area (Å²) in [6.07, 6.45) is 4.14. The van der Waals surface area contributed by atoms with Crippen LogP contribution in [0.4, 0.5) is 0 Å². The molecular weight excluding hydrogens is 363 g/mol. The van der Waals surface area contributed by atoms with Crippen LogP contribution in [0.1, 0.15) is 43.4 Å². The summed E-state index contributed by atoms with van der Waals surface area (Å²) in [7, 11) is 0. The van der Waals surface area contributed by atoms with Gasteiger partial charge in [-0.3, -0.25) is 9.78 Å². The van der Waals surface area contributed by atoms with Crippen molar-refractivity contribution in [1.82, 2.24) is 25.3 Å². The Labute approximate surface area is 160 Å². The maximum atomic E-state index is 12.4. The Morgan fingerprint density at radius 3 is 2.64 bits per heavy atom. The van der Waals surface area contributed by atoms with Crippen molar-refractivity contribution in [3.05, 3.63) is 42.0 Å². The zero-order valence-corrected chi connectivity index (χ0v) is 16.3. The van der Waals surface area contributed by atoms with Gasteiger partial charge in [-0.25, -0.2) is 4.68 Å². The first-order valence-electron chi connectivity index (χ1n) is 7.74. The summed E-state index contributed by atoms with van der Waals surface area (Å²) < 4.78 is 1.60. The van der Waals surface area contributed by atoms with Crippen LogP contribution in [0.5, 0.6) is 0 Å². The minimum atomic E-state index is -0.448. The Morgan fingerprint density at radius 2 is 2.08 bits per heavy atom. The van der Waals surface area contributed by atoms with E-state index in [0.717, 1.165) is 12.1 Å². The van der Waals surface area contributed by atoms with E-state index in [4.69, 9.17) is 5.73 Å². The molecule has 0 aliphatic heterocycles. The van der Waals surface area contributed by atoms with Crippen LogP contribution >= 0.6 is 24.8 Å². The summed E-state index contributed by atoms with van der Waals surface area (Å²) >= 11 is 0. The van der Waals surface area contributed by atoms with Crippen LogP contribution in [0.2, 0.25) is 0 Å². The Morgan fingerprint density at radius 1 is 1.36 bits per heavy atom. The number of hydrogen-bond donors (Lipinski definition) is 2. The molecule has 1 unspecified atom stereocenters. The molecule has 2 aromatic heterocycles. The van der Waals surface area contributed by atoms with Crippen molar-refractivity contribution in [3.63, 3.8) is 0 Å². The summed E-state index contributed by atoms with van der Waals surface area (Å²) in [6.45, 7) is 7.00. The normalized spacial score (nSPS) is 12.7. The lowest BCUT2D eigenvalue weighted by atomic mass is 9.90. The van der Waals surface area contributed by atoms with Gasteiger partial charge in [-0.15, -0.1) is 29.9 Å². The number of pyridine rings is 1. The maximum Gasteiger partial charge on any atom is 0.273 e. The summed E-state index contributed by atoms with van der Waals surface area (Å²) in [6, 6.07) is 5.66. The molecular formula is C16H26Cl2N6O. The topological polar surface area (TPSA) is 98.7 Å². The number of amides is 1. The molecule has 7 nitrogen and oxygen atoms in total. The zero-order valence-electron chi connectivity index (χ0n) is 14.7. The van der Waals surface area contributed by atoms with Crippen LogP contribution in [0.15, 0.2) is 30.6 Å². The third-order valence-corrected chi connectivity index (χ3v) is 3.55. The Kier molecular flexibility index (Phi) is 9.62. The first-order valence-corrected chi connectivity index (χ1v) is 7.74. The molecule has 0 radical (unpaired) electrons. The van der Waals surface area contributed by atoms with Gasteiger partial charge < -0.3 is 11.1 Å². The predicted octanol–water partition coefficient (Wildman–Crippen LogP) is 2.06. The van der Waals surface area contributed by atoms with E-state index >= 15 is 0 Å². The molecule has 2 heterocycles. The first-order chi connectivity index (χ1) is 10.9. The van der Waals surface area contributed by atoms with E-state index in [-0.39, 0.29) is 36.4 Å². The molecule has 0 aliphatic rings. The fourth-order valence-electron chi connectivity index (χ4n) is 2.56. The highest BCUT2D eigenvalue weighted by molar-refractivity contribution is 5.92. The largest absolute Gasteiger partial charge is 0.344 e. The molecule has 0 fully saturated rings. The second-order valence-electron chi connectivity index (χ2n) is 6.44. The third kappa shape index (κ3) is 6.97. The fraction of sp³-hybridized carbons (Fsp3) is 0.500. The van der Waals surface area contributed by atoms with Gasteiger partial charge in [-0.1, -0.05) is 25.1 Å². The molecule has 9 heteroatoms. The van der Waals surface area contributed by atoms with Crippen molar-refractivity contribution >= 4 is 30.7 Å². The van der Waals surface area contributed by atoms with Crippen molar-refractivity contribution in [2.24, 2.45) is 11.7 Å². The summed E-state index contributed by atoms with van der Waals surface area (Å²) in [5.41, 5.74) is 6.52. The van der Waals surface area contributed by atoms with Gasteiger partial charge in [0, 0.05) is 12.7 Å². The lowest BCUT2D eigenvalue weighted by Crippen LogP contribution is -2.52. The molecule has 2 rings (SSSR count). The number of nitrogens with two attached hydrogens (primary N) is 1. The van der Waals surface area contributed by atoms with Gasteiger partial charge in [0.2, 0.25) is 0 Å². The van der Waals surface area contributed by atoms with Gasteiger partial charge in [0.15, 0.2) is 5.69 Å². The number of rotatable bonds is 7. The zero-order chi connectivity index (χ0) is 16.9. The number of nitrogens with one attached hydrogen (secondary N) is 1. The molecule has 1 amide bonds. The number of halogens is 2. The van der Waals surface area contributed by atoms with E-state index < -0.39 is 5.54 Å². The monoisotopic (exact) mass is 388 g/mol. The number of hydrogen-bond acceptors (Lipinski definition) is 5. The summed E-state index contributed by atoms with van der Waals surface area (Å²) in [5, 5.41) is 10.9. The smallest absolute Gasteiger partial charge is 0.273 e. The third-order valence-electron chi connectivity index (χ3n) is 3.55. The van der Waals surface area contributed by atoms with Crippen molar-refractivity contribution in [2.45, 2.75) is 39.3 Å². The molecule has 0 saturated carbocycles. The number of carbonyl (C=O) groups excluding carboxylic acids is 1. The molecule has 0 saturated heterocycles. The Bertz CT molecular complexity index is 649. The second-order valence-corrected chi connectivity index (χ2v) is 6.44. The average Bonchev–Trinajstić information content (AvgIpc) is 2.96. The highest BCUT2D eigenvalue weighted by Crippen LogP contribution is 2.15. The van der Waals surface area contributed by atoms with E-state index in [9.17, 15) is 4.79 Å². The van der Waals surface area contributed by atoms with Gasteiger partial charge in [0.1, 0.15) is 0 Å². The maximum absolute atomic E-state index is 12.4. The second kappa shape index (κ2) is 10.3. The molecule has 2 aromatic rings. The van der Waals surface area contributed by atoms with E-state index in [1.807, 2.05) is 25.1 Å². The number of aromatic nitrogens is 4. The van der Waals surface area contributed by atoms with Crippen molar-refractivity contribution in [1.29, 1.82) is 0 Å². The number of nitrogens with zero attached hydrogens (tertiary/aromatic N) is 4. The SMILES string of the molecule is CC(C)CC(C)(CN)NC(=O)c1cn(Cc2ccccn2)nn1.Cl.Cl. The molecule has 0 aromatic carbocycles. The van der Waals surface area contributed by atoms with E-state index in [2.05, 4.69) is 34.5 Å². The van der Waals surface area contributed by atoms with Gasteiger partial charge in [0.05, 0.1) is 24.0 Å². The molecule has 25 heavy (non-hydrogen) atoms. The van der Waals surface area contributed by atoms with Crippen LogP contribution in [-0.4, -0.2) is 38.0 Å². The van der Waals surface area contributed by atoms with Gasteiger partial charge in [-0.2, -0.15) is 0 Å². The average molecular weight is 389 g/mol. The van der Waals surface area contributed by atoms with Crippen molar-refractivity contribution in [2.75, 3.05) is 6.54 Å². The van der Waals surface area contributed by atoms with Crippen LogP contribution in [-0.2, 0) is 6.54 Å². The summed E-state index contributed by atoms with van der Waals surface area (Å²) in [5.74, 6) is 0.176. The minimum Gasteiger partial charge on any atom is -0.344 e. The standard InChI is InChI=1S/C16H24N6O.2ClH/c1-12(2)8-16(3,11-17)19-15(23)14-10-22(21-20-14)9-13-6-4-5-7-18-13;;/h4-7,10,12H,8-9,11,17H2,1-3H3,(H,19,23);2*1H. The molecule has 140 valence electrons. The van der Waals surface area contributed by atoms with Crippen molar-refractivity contribution < 1.29 is 4.79 Å². The Balaban J connectivity index is 0.00000288. The Hall–Kier alpha value is -1.70. The van der Waals surface area contributed by atoms with Gasteiger partial charge in [0.25, 0.3) is 5.91 Å². The van der Waals surface area contributed by atoms with E-state index in [1.165, 1.54) is 0 Å². The first kappa shape index (κ1) is 23.3. The lowest BCUT2D eigenvalue weighted by molar-refractivity contribution is 0.0893. The lowest BCUT2D eigenvalue weighted by Gasteiger charge is -2.30. The molecule has 0 bridgehead atoms. The number of carbonyl (C=O) groups is 1. The predicted molar refractivity (Wildman–Crippen MR) is 102 cm³/mol. The van der Waals surface area contributed by atoms with Crippen LogP contribution in [0.25, 0.3) is 0 Å². The van der Waals surface area contributed by atoms with Crippen molar-refractivity contribution in [3.8, 4) is 0 Å². The van der Waals surface area contributed by atoms with Crippen LogP contribution < -0.4 is 11.1 Å². The molecule has 1 atom stereocenters. The highest BCUT2D eigenvalue weighted by Gasteiger charge is 2.27. The molecule has 3 N–H and O–H groups in total. The van der Waals surface area contributed by atoms with E-state index in [0.29, 0.717) is 19.0 Å². The highest BCUT2D eigenvalue weighted by atomic mass is 35.5. The fourth-order valence-corrected chi connectivity index (χ4v) is 2.56. The van der Waals surface area contributed by atoms with Gasteiger partial charge >= 0.3 is 0 Å². The van der Waals surface area contributed by atoms with Crippen LogP contribution in [0, 0.1) is 5.92 Å². The van der Waals surface area contributed by atoms with Gasteiger partial charge in [-0.05, 0) is 31.4 Å². The quantitative estimate of drug-likeness (QED) is 0.755.